The maximum Gasteiger partial charge on any atom is 0.258 e. The summed E-state index contributed by atoms with van der Waals surface area (Å²) in [5.41, 5.74) is 0.301. The van der Waals surface area contributed by atoms with Gasteiger partial charge in [0.25, 0.3) is 5.92 Å². The third-order valence-corrected chi connectivity index (χ3v) is 4.13. The van der Waals surface area contributed by atoms with Gasteiger partial charge in [0.1, 0.15) is 20.7 Å². The van der Waals surface area contributed by atoms with Crippen LogP contribution in [0.5, 0.6) is 0 Å². The molecule has 0 spiro atoms. The predicted molar refractivity (Wildman–Crippen MR) is 81.6 cm³/mol. The summed E-state index contributed by atoms with van der Waals surface area (Å²) < 4.78 is 42.7. The molecule has 112 valence electrons. The van der Waals surface area contributed by atoms with Crippen molar-refractivity contribution in [3.05, 3.63) is 28.5 Å². The van der Waals surface area contributed by atoms with Crippen molar-refractivity contribution >= 4 is 33.5 Å². The van der Waals surface area contributed by atoms with Gasteiger partial charge in [-0.15, -0.1) is 0 Å². The van der Waals surface area contributed by atoms with Crippen LogP contribution in [-0.2, 0) is 17.8 Å². The molecule has 3 nitrogen and oxygen atoms in total. The third kappa shape index (κ3) is 6.28. The van der Waals surface area contributed by atoms with E-state index in [1.807, 2.05) is 0 Å². The van der Waals surface area contributed by atoms with Gasteiger partial charge in [-0.05, 0) is 48.8 Å². The van der Waals surface area contributed by atoms with Crippen LogP contribution in [0.15, 0.2) is 27.2 Å². The van der Waals surface area contributed by atoms with Crippen LogP contribution >= 0.6 is 15.9 Å². The van der Waals surface area contributed by atoms with Crippen molar-refractivity contribution in [3.63, 3.8) is 0 Å². The van der Waals surface area contributed by atoms with E-state index in [9.17, 15) is 13.3 Å². The molecule has 1 rings (SSSR count). The van der Waals surface area contributed by atoms with Crippen molar-refractivity contribution in [1.82, 2.24) is 4.98 Å². The molecule has 0 aliphatic carbocycles. The second kappa shape index (κ2) is 6.95. The van der Waals surface area contributed by atoms with Crippen molar-refractivity contribution in [2.45, 2.75) is 44.3 Å². The molecule has 0 bridgehead atoms. The van der Waals surface area contributed by atoms with E-state index >= 15 is 0 Å². The Kier molecular flexibility index (Phi) is 6.09. The highest BCUT2D eigenvalue weighted by Gasteiger charge is 2.30. The molecule has 0 radical (unpaired) electrons. The first-order valence-corrected chi connectivity index (χ1v) is 7.94. The number of aromatic nitrogens is 1. The van der Waals surface area contributed by atoms with Crippen LogP contribution in [0.25, 0.3) is 0 Å². The van der Waals surface area contributed by atoms with Crippen molar-refractivity contribution < 1.29 is 13.3 Å². The molecule has 0 saturated heterocycles. The van der Waals surface area contributed by atoms with Gasteiger partial charge in [0, 0.05) is 5.69 Å². The van der Waals surface area contributed by atoms with E-state index in [1.165, 1.54) is 0 Å². The standard InChI is InChI=1S/C13H17BrF2N2OS/c1-12(2,3)20(19)17-8-7-13(15,16)9-10-5-4-6-11(14)18-10/h4-6,8H,7,9H2,1-3H3/b17-8-. The number of alkyl halides is 2. The Labute approximate surface area is 129 Å². The van der Waals surface area contributed by atoms with Gasteiger partial charge >= 0.3 is 0 Å². The second-order valence-corrected chi connectivity index (χ2v) is 8.08. The molecular weight excluding hydrogens is 350 g/mol. The fourth-order valence-electron chi connectivity index (χ4n) is 1.28. The van der Waals surface area contributed by atoms with E-state index in [1.54, 1.807) is 39.0 Å². The lowest BCUT2D eigenvalue weighted by Gasteiger charge is -2.18. The number of halogens is 3. The zero-order valence-electron chi connectivity index (χ0n) is 11.6. The highest BCUT2D eigenvalue weighted by Crippen LogP contribution is 2.24. The first kappa shape index (κ1) is 17.5. The lowest BCUT2D eigenvalue weighted by Crippen LogP contribution is -2.26. The van der Waals surface area contributed by atoms with Gasteiger partial charge in [-0.25, -0.2) is 13.8 Å². The number of nitrogens with zero attached hydrogens (tertiary/aromatic N) is 2. The maximum atomic E-state index is 13.7. The fourth-order valence-corrected chi connectivity index (χ4v) is 2.19. The number of rotatable bonds is 5. The van der Waals surface area contributed by atoms with Crippen LogP contribution in [0.3, 0.4) is 0 Å². The second-order valence-electron chi connectivity index (χ2n) is 5.34. The molecular formula is C13H17BrF2N2OS. The van der Waals surface area contributed by atoms with Crippen LogP contribution in [0.2, 0.25) is 0 Å². The molecule has 0 aliphatic rings. The zero-order chi connectivity index (χ0) is 15.4. The van der Waals surface area contributed by atoms with Crippen LogP contribution in [0.4, 0.5) is 8.78 Å². The minimum Gasteiger partial charge on any atom is -0.591 e. The molecule has 0 aromatic carbocycles. The van der Waals surface area contributed by atoms with Gasteiger partial charge in [-0.3, -0.25) is 0 Å². The predicted octanol–water partition coefficient (Wildman–Crippen LogP) is 3.95. The highest BCUT2D eigenvalue weighted by atomic mass is 79.9. The minimum absolute atomic E-state index is 0.301. The highest BCUT2D eigenvalue weighted by molar-refractivity contribution is 9.10. The Morgan fingerprint density at radius 1 is 1.40 bits per heavy atom. The lowest BCUT2D eigenvalue weighted by molar-refractivity contribution is 0.00968. The van der Waals surface area contributed by atoms with Gasteiger partial charge < -0.3 is 4.55 Å². The van der Waals surface area contributed by atoms with Crippen molar-refractivity contribution in [2.24, 2.45) is 4.40 Å². The van der Waals surface area contributed by atoms with Gasteiger partial charge in [0.05, 0.1) is 19.1 Å². The Morgan fingerprint density at radius 3 is 2.60 bits per heavy atom. The molecule has 0 aliphatic heterocycles. The largest absolute Gasteiger partial charge is 0.591 e. The maximum absolute atomic E-state index is 13.7. The first-order valence-electron chi connectivity index (χ1n) is 6.04. The number of hydrogen-bond acceptors (Lipinski definition) is 3. The average Bonchev–Trinajstić information content (AvgIpc) is 2.26. The Balaban J connectivity index is 2.60. The third-order valence-electron chi connectivity index (χ3n) is 2.30. The van der Waals surface area contributed by atoms with E-state index < -0.39 is 34.9 Å². The van der Waals surface area contributed by atoms with Gasteiger partial charge in [0.2, 0.25) is 0 Å². The molecule has 7 heteroatoms. The molecule has 0 fully saturated rings. The summed E-state index contributed by atoms with van der Waals surface area (Å²) in [5, 5.41) is 0. The number of hydrogen-bond donors (Lipinski definition) is 0. The topological polar surface area (TPSA) is 48.3 Å². The van der Waals surface area contributed by atoms with E-state index in [4.69, 9.17) is 0 Å². The molecule has 0 amide bonds. The molecule has 0 saturated carbocycles. The SMILES string of the molecule is CC(C)(C)[S+]([O-])/N=C\CC(F)(F)Cc1cccc(Br)n1. The van der Waals surface area contributed by atoms with Gasteiger partial charge in [-0.2, -0.15) is 0 Å². The molecule has 1 aromatic rings. The van der Waals surface area contributed by atoms with Crippen molar-refractivity contribution in [3.8, 4) is 0 Å². The van der Waals surface area contributed by atoms with Crippen LogP contribution in [0, 0.1) is 0 Å². The van der Waals surface area contributed by atoms with Crippen molar-refractivity contribution in [1.29, 1.82) is 0 Å². The summed E-state index contributed by atoms with van der Waals surface area (Å²) >= 11 is 1.63. The summed E-state index contributed by atoms with van der Waals surface area (Å²) in [5.74, 6) is -2.96. The monoisotopic (exact) mass is 366 g/mol. The number of pyridine rings is 1. The summed E-state index contributed by atoms with van der Waals surface area (Å²) in [6, 6.07) is 4.88. The summed E-state index contributed by atoms with van der Waals surface area (Å²) in [7, 11) is 0. The molecule has 1 unspecified atom stereocenters. The first-order chi connectivity index (χ1) is 9.10. The zero-order valence-corrected chi connectivity index (χ0v) is 14.0. The van der Waals surface area contributed by atoms with Crippen LogP contribution in [0.1, 0.15) is 32.9 Å². The minimum atomic E-state index is -2.96. The summed E-state index contributed by atoms with van der Waals surface area (Å²) in [6.45, 7) is 5.22. The fraction of sp³-hybridized carbons (Fsp3) is 0.538. The van der Waals surface area contributed by atoms with E-state index in [-0.39, 0.29) is 0 Å². The van der Waals surface area contributed by atoms with E-state index in [0.29, 0.717) is 10.3 Å². The average molecular weight is 367 g/mol. The van der Waals surface area contributed by atoms with Gasteiger partial charge in [-0.1, -0.05) is 10.5 Å². The molecule has 20 heavy (non-hydrogen) atoms. The quantitative estimate of drug-likeness (QED) is 0.450. The molecule has 1 heterocycles. The Morgan fingerprint density at radius 2 is 2.05 bits per heavy atom. The van der Waals surface area contributed by atoms with Gasteiger partial charge in [0.15, 0.2) is 0 Å². The van der Waals surface area contributed by atoms with Crippen LogP contribution < -0.4 is 0 Å². The van der Waals surface area contributed by atoms with E-state index in [0.717, 1.165) is 6.21 Å². The molecule has 0 N–H and O–H groups in total. The Hall–Kier alpha value is -0.530. The van der Waals surface area contributed by atoms with Crippen molar-refractivity contribution in [2.75, 3.05) is 0 Å². The van der Waals surface area contributed by atoms with Crippen LogP contribution in [-0.4, -0.2) is 26.4 Å². The lowest BCUT2D eigenvalue weighted by atomic mass is 10.1. The summed E-state index contributed by atoms with van der Waals surface area (Å²) in [4.78, 5) is 3.97. The smallest absolute Gasteiger partial charge is 0.258 e. The Bertz CT molecular complexity index is 478. The molecule has 1 aromatic heterocycles. The van der Waals surface area contributed by atoms with E-state index in [2.05, 4.69) is 25.3 Å². The normalized spacial score (nSPS) is 14.8. The summed E-state index contributed by atoms with van der Waals surface area (Å²) in [6.07, 6.45) is 0.0168. The molecule has 1 atom stereocenters.